The Labute approximate surface area is 67.1 Å². The summed E-state index contributed by atoms with van der Waals surface area (Å²) in [5, 5.41) is 8.67. The molecule has 5 heteroatoms. The van der Waals surface area contributed by atoms with Crippen LogP contribution < -0.4 is 5.73 Å². The molecule has 0 aliphatic heterocycles. The fraction of sp³-hybridized carbons (Fsp3) is 0.600. The minimum atomic E-state index is -1.15. The van der Waals surface area contributed by atoms with Crippen LogP contribution in [0, 0.1) is 11.3 Å². The first-order valence-electron chi connectivity index (χ1n) is 2.50. The van der Waals surface area contributed by atoms with Gasteiger partial charge in [0.15, 0.2) is 0 Å². The number of nitriles is 1. The van der Waals surface area contributed by atoms with Gasteiger partial charge in [-0.2, -0.15) is 5.26 Å². The van der Waals surface area contributed by atoms with Gasteiger partial charge in [0.05, 0.1) is 5.33 Å². The molecule has 0 aromatic carbocycles. The number of rotatable bonds is 2. The monoisotopic (exact) mass is 206 g/mol. The number of hydrogen-bond acceptors (Lipinski definition) is 3. The standard InChI is InChI=1S/C5H7BrN2O2/c1-5(2-6,3-7)10-4(8)9/h2H2,1H3,(H2,8,9). The topological polar surface area (TPSA) is 76.1 Å². The summed E-state index contributed by atoms with van der Waals surface area (Å²) < 4.78 is 4.47. The Kier molecular flexibility index (Phi) is 3.16. The van der Waals surface area contributed by atoms with Crippen LogP contribution >= 0.6 is 15.9 Å². The van der Waals surface area contributed by atoms with Gasteiger partial charge in [-0.25, -0.2) is 4.79 Å². The molecule has 0 fully saturated rings. The first-order valence-corrected chi connectivity index (χ1v) is 3.62. The maximum Gasteiger partial charge on any atom is 0.406 e. The molecule has 0 aliphatic rings. The smallest absolute Gasteiger partial charge is 0.406 e. The number of primary amides is 1. The van der Waals surface area contributed by atoms with Gasteiger partial charge in [-0.3, -0.25) is 0 Å². The van der Waals surface area contributed by atoms with E-state index in [1.54, 1.807) is 6.07 Å². The average molecular weight is 207 g/mol. The predicted octanol–water partition coefficient (Wildman–Crippen LogP) is 0.759. The number of nitrogens with two attached hydrogens (primary N) is 1. The first-order chi connectivity index (χ1) is 4.54. The molecule has 0 aromatic rings. The third kappa shape index (κ3) is 2.69. The molecule has 56 valence electrons. The van der Waals surface area contributed by atoms with Gasteiger partial charge in [-0.1, -0.05) is 15.9 Å². The Morgan fingerprint density at radius 1 is 2.00 bits per heavy atom. The molecule has 4 nitrogen and oxygen atoms in total. The molecule has 2 N–H and O–H groups in total. The van der Waals surface area contributed by atoms with Gasteiger partial charge in [-0.05, 0) is 6.92 Å². The maximum atomic E-state index is 10.2. The van der Waals surface area contributed by atoms with Crippen LogP contribution in [0.15, 0.2) is 0 Å². The first kappa shape index (κ1) is 9.24. The molecule has 10 heavy (non-hydrogen) atoms. The van der Waals surface area contributed by atoms with Gasteiger partial charge >= 0.3 is 6.09 Å². The number of carbonyl (C=O) groups excluding carboxylic acids is 1. The zero-order valence-electron chi connectivity index (χ0n) is 5.43. The zero-order valence-corrected chi connectivity index (χ0v) is 7.01. The van der Waals surface area contributed by atoms with Crippen molar-refractivity contribution in [1.82, 2.24) is 0 Å². The summed E-state index contributed by atoms with van der Waals surface area (Å²) in [7, 11) is 0. The van der Waals surface area contributed by atoms with Crippen LogP contribution in [0.4, 0.5) is 4.79 Å². The van der Waals surface area contributed by atoms with E-state index in [1.807, 2.05) is 0 Å². The molecule has 0 aromatic heterocycles. The Morgan fingerprint density at radius 3 is 2.60 bits per heavy atom. The second kappa shape index (κ2) is 3.42. The highest BCUT2D eigenvalue weighted by molar-refractivity contribution is 9.09. The van der Waals surface area contributed by atoms with Crippen LogP contribution in [-0.4, -0.2) is 17.0 Å². The van der Waals surface area contributed by atoms with Gasteiger partial charge in [0.1, 0.15) is 6.07 Å². The lowest BCUT2D eigenvalue weighted by Gasteiger charge is -2.16. The number of alkyl halides is 1. The van der Waals surface area contributed by atoms with Crippen LogP contribution in [0.2, 0.25) is 0 Å². The Balaban J connectivity index is 4.10. The minimum Gasteiger partial charge on any atom is -0.427 e. The molecule has 0 radical (unpaired) electrons. The van der Waals surface area contributed by atoms with Crippen molar-refractivity contribution in [3.63, 3.8) is 0 Å². The van der Waals surface area contributed by atoms with Crippen molar-refractivity contribution in [1.29, 1.82) is 5.26 Å². The summed E-state index contributed by atoms with van der Waals surface area (Å²) in [5.41, 5.74) is 3.55. The van der Waals surface area contributed by atoms with Gasteiger partial charge < -0.3 is 10.5 Å². The molecule has 1 atom stereocenters. The Bertz CT molecular complexity index is 177. The Hall–Kier alpha value is -0.760. The lowest BCUT2D eigenvalue weighted by atomic mass is 10.2. The average Bonchev–Trinajstić information content (AvgIpc) is 1.87. The van der Waals surface area contributed by atoms with E-state index in [2.05, 4.69) is 20.7 Å². The normalized spacial score (nSPS) is 14.9. The van der Waals surface area contributed by atoms with Crippen molar-refractivity contribution in [2.45, 2.75) is 12.5 Å². The van der Waals surface area contributed by atoms with E-state index >= 15 is 0 Å². The highest BCUT2D eigenvalue weighted by atomic mass is 79.9. The molecule has 1 unspecified atom stereocenters. The van der Waals surface area contributed by atoms with Crippen molar-refractivity contribution < 1.29 is 9.53 Å². The largest absolute Gasteiger partial charge is 0.427 e. The Morgan fingerprint density at radius 2 is 2.50 bits per heavy atom. The van der Waals surface area contributed by atoms with Crippen LogP contribution in [0.25, 0.3) is 0 Å². The lowest BCUT2D eigenvalue weighted by Crippen LogP contribution is -2.34. The van der Waals surface area contributed by atoms with Gasteiger partial charge in [0, 0.05) is 0 Å². The molecule has 0 heterocycles. The van der Waals surface area contributed by atoms with Crippen molar-refractivity contribution in [3.05, 3.63) is 0 Å². The summed E-state index contributed by atoms with van der Waals surface area (Å²) >= 11 is 3.01. The highest BCUT2D eigenvalue weighted by Crippen LogP contribution is 2.11. The highest BCUT2D eigenvalue weighted by Gasteiger charge is 2.25. The van der Waals surface area contributed by atoms with Gasteiger partial charge in [0.2, 0.25) is 5.60 Å². The summed E-state index contributed by atoms with van der Waals surface area (Å²) in [6.07, 6.45) is -0.941. The molecule has 0 spiro atoms. The second-order valence-electron chi connectivity index (χ2n) is 1.90. The number of amides is 1. The molecule has 1 amide bonds. The van der Waals surface area contributed by atoms with Gasteiger partial charge in [0.25, 0.3) is 0 Å². The van der Waals surface area contributed by atoms with Crippen LogP contribution in [0.3, 0.4) is 0 Å². The number of halogens is 1. The molecule has 0 saturated heterocycles. The maximum absolute atomic E-state index is 10.2. The SMILES string of the molecule is CC(C#N)(CBr)OC(N)=O. The third-order valence-electron chi connectivity index (χ3n) is 0.817. The summed E-state index contributed by atoms with van der Waals surface area (Å²) in [6, 6.07) is 1.79. The number of ether oxygens (including phenoxy) is 1. The van der Waals surface area contributed by atoms with E-state index in [9.17, 15) is 4.79 Å². The fourth-order valence-electron chi connectivity index (χ4n) is 0.302. The third-order valence-corrected chi connectivity index (χ3v) is 1.89. The summed E-state index contributed by atoms with van der Waals surface area (Å²) in [6.45, 7) is 1.46. The quantitative estimate of drug-likeness (QED) is 0.679. The number of carbonyl (C=O) groups is 1. The molecule has 0 saturated carbocycles. The van der Waals surface area contributed by atoms with Crippen LogP contribution in [0.5, 0.6) is 0 Å². The summed E-state index contributed by atoms with van der Waals surface area (Å²) in [4.78, 5) is 10.2. The fourth-order valence-corrected chi connectivity index (χ4v) is 0.542. The molecule has 0 aliphatic carbocycles. The minimum absolute atomic E-state index is 0.249. The number of nitrogens with zero attached hydrogens (tertiary/aromatic N) is 1. The van der Waals surface area contributed by atoms with E-state index < -0.39 is 11.7 Å². The van der Waals surface area contributed by atoms with Crippen molar-refractivity contribution in [2.75, 3.05) is 5.33 Å². The number of hydrogen-bond donors (Lipinski definition) is 1. The van der Waals surface area contributed by atoms with Crippen LogP contribution in [0.1, 0.15) is 6.92 Å². The van der Waals surface area contributed by atoms with Crippen molar-refractivity contribution in [3.8, 4) is 6.07 Å². The van der Waals surface area contributed by atoms with E-state index in [4.69, 9.17) is 11.0 Å². The van der Waals surface area contributed by atoms with E-state index in [1.165, 1.54) is 6.92 Å². The predicted molar refractivity (Wildman–Crippen MR) is 38.5 cm³/mol. The summed E-state index contributed by atoms with van der Waals surface area (Å²) in [5.74, 6) is 0. The second-order valence-corrected chi connectivity index (χ2v) is 2.46. The molecular weight excluding hydrogens is 200 g/mol. The zero-order chi connectivity index (χ0) is 8.20. The van der Waals surface area contributed by atoms with Crippen molar-refractivity contribution in [2.24, 2.45) is 5.73 Å². The van der Waals surface area contributed by atoms with Gasteiger partial charge in [-0.15, -0.1) is 0 Å². The van der Waals surface area contributed by atoms with E-state index in [-0.39, 0.29) is 5.33 Å². The molecular formula is C5H7BrN2O2. The van der Waals surface area contributed by atoms with E-state index in [0.717, 1.165) is 0 Å². The van der Waals surface area contributed by atoms with E-state index in [0.29, 0.717) is 0 Å². The molecule has 0 rings (SSSR count). The van der Waals surface area contributed by atoms with Crippen LogP contribution in [-0.2, 0) is 4.74 Å². The van der Waals surface area contributed by atoms with Crippen molar-refractivity contribution >= 4 is 22.0 Å². The lowest BCUT2D eigenvalue weighted by molar-refractivity contribution is 0.0888. The molecule has 0 bridgehead atoms.